The molecule has 5 rings (SSSR count). The number of carbonyl (C=O) groups excluding carboxylic acids is 1. The Morgan fingerprint density at radius 2 is 1.63 bits per heavy atom. The minimum absolute atomic E-state index is 0.0824. The summed E-state index contributed by atoms with van der Waals surface area (Å²) in [5, 5.41) is 5.12. The summed E-state index contributed by atoms with van der Waals surface area (Å²) in [7, 11) is 0. The number of amides is 1. The van der Waals surface area contributed by atoms with Gasteiger partial charge in [0.25, 0.3) is 5.56 Å². The molecule has 0 bridgehead atoms. The maximum Gasteiger partial charge on any atom is 0.328 e. The van der Waals surface area contributed by atoms with Crippen LogP contribution in [0.25, 0.3) is 21.8 Å². The van der Waals surface area contributed by atoms with Gasteiger partial charge in [-0.1, -0.05) is 60.1 Å². The quantitative estimate of drug-likeness (QED) is 0.322. The van der Waals surface area contributed by atoms with E-state index < -0.39 is 11.2 Å². The van der Waals surface area contributed by atoms with Gasteiger partial charge in [-0.15, -0.1) is 0 Å². The molecule has 176 valence electrons. The number of aryl methyl sites for hydroxylation is 1. The number of carbonyl (C=O) groups is 1. The molecule has 3 aromatic carbocycles. The number of H-pyrrole nitrogens is 2. The van der Waals surface area contributed by atoms with Crippen molar-refractivity contribution in [2.45, 2.75) is 18.9 Å². The van der Waals surface area contributed by atoms with Crippen molar-refractivity contribution in [1.82, 2.24) is 19.9 Å². The summed E-state index contributed by atoms with van der Waals surface area (Å²) >= 11 is 6.54. The Kier molecular flexibility index (Phi) is 6.25. The molecule has 35 heavy (non-hydrogen) atoms. The molecule has 2 aromatic heterocycles. The molecule has 5 aromatic rings. The van der Waals surface area contributed by atoms with Crippen LogP contribution in [0.4, 0.5) is 0 Å². The van der Waals surface area contributed by atoms with Crippen molar-refractivity contribution in [2.75, 3.05) is 6.54 Å². The van der Waals surface area contributed by atoms with Crippen molar-refractivity contribution in [3.8, 4) is 0 Å². The SMILES string of the molecule is O=C(CCn1c(=O)[nH]c(=O)c2ccccc21)NCC(c1ccccc1Cl)c1c[nH]c2ccccc12. The molecular weight excluding hydrogens is 464 g/mol. The lowest BCUT2D eigenvalue weighted by Gasteiger charge is -2.19. The van der Waals surface area contributed by atoms with Gasteiger partial charge in [0.05, 0.1) is 10.9 Å². The van der Waals surface area contributed by atoms with Crippen molar-refractivity contribution in [2.24, 2.45) is 0 Å². The third-order valence-corrected chi connectivity index (χ3v) is 6.59. The van der Waals surface area contributed by atoms with Crippen LogP contribution in [0.5, 0.6) is 0 Å². The van der Waals surface area contributed by atoms with Gasteiger partial charge in [-0.2, -0.15) is 0 Å². The normalized spacial score (nSPS) is 12.1. The second kappa shape index (κ2) is 9.64. The number of fused-ring (bicyclic) bond motifs is 2. The lowest BCUT2D eigenvalue weighted by Crippen LogP contribution is -2.33. The Bertz CT molecular complexity index is 1650. The number of nitrogens with one attached hydrogen (secondary N) is 3. The van der Waals surface area contributed by atoms with E-state index in [1.165, 1.54) is 4.57 Å². The molecular formula is C27H23ClN4O3. The number of rotatable bonds is 7. The van der Waals surface area contributed by atoms with E-state index in [1.54, 1.807) is 24.3 Å². The number of hydrogen-bond donors (Lipinski definition) is 3. The predicted molar refractivity (Wildman–Crippen MR) is 138 cm³/mol. The van der Waals surface area contributed by atoms with Gasteiger partial charge in [0.2, 0.25) is 5.91 Å². The number of hydrogen-bond acceptors (Lipinski definition) is 3. The number of halogens is 1. The summed E-state index contributed by atoms with van der Waals surface area (Å²) in [6.45, 7) is 0.484. The Morgan fingerprint density at radius 1 is 0.914 bits per heavy atom. The molecule has 0 radical (unpaired) electrons. The minimum atomic E-state index is -0.533. The first-order chi connectivity index (χ1) is 17.0. The monoisotopic (exact) mass is 486 g/mol. The topological polar surface area (TPSA) is 99.8 Å². The van der Waals surface area contributed by atoms with Crippen LogP contribution >= 0.6 is 11.6 Å². The van der Waals surface area contributed by atoms with E-state index in [2.05, 4.69) is 15.3 Å². The van der Waals surface area contributed by atoms with E-state index in [0.29, 0.717) is 22.5 Å². The molecule has 0 aliphatic carbocycles. The summed E-state index contributed by atoms with van der Waals surface area (Å²) in [6.07, 6.45) is 2.04. The van der Waals surface area contributed by atoms with Gasteiger partial charge in [0.1, 0.15) is 0 Å². The van der Waals surface area contributed by atoms with Crippen molar-refractivity contribution in [3.63, 3.8) is 0 Å². The number of aromatic nitrogens is 3. The smallest absolute Gasteiger partial charge is 0.328 e. The van der Waals surface area contributed by atoms with E-state index in [9.17, 15) is 14.4 Å². The molecule has 0 spiro atoms. The maximum atomic E-state index is 12.8. The van der Waals surface area contributed by atoms with Gasteiger partial charge in [-0.3, -0.25) is 19.1 Å². The first-order valence-corrected chi connectivity index (χ1v) is 11.7. The van der Waals surface area contributed by atoms with E-state index in [1.807, 2.05) is 54.7 Å². The molecule has 0 aliphatic rings. The van der Waals surface area contributed by atoms with Crippen molar-refractivity contribution in [1.29, 1.82) is 0 Å². The third-order valence-electron chi connectivity index (χ3n) is 6.25. The Morgan fingerprint density at radius 3 is 2.46 bits per heavy atom. The molecule has 0 fully saturated rings. The largest absolute Gasteiger partial charge is 0.361 e. The standard InChI is InChI=1S/C27H23ClN4O3/c28-22-10-4-1-7-17(22)20(21-15-29-23-11-5-2-8-18(21)23)16-30-25(33)13-14-32-24-12-6-3-9-19(24)26(34)31-27(32)35/h1-12,15,20,29H,13-14,16H2,(H,30,33)(H,31,34,35). The number of aromatic amines is 2. The number of nitrogens with zero attached hydrogens (tertiary/aromatic N) is 1. The molecule has 1 unspecified atom stereocenters. The first kappa shape index (κ1) is 22.7. The zero-order valence-electron chi connectivity index (χ0n) is 18.8. The first-order valence-electron chi connectivity index (χ1n) is 11.3. The molecule has 2 heterocycles. The van der Waals surface area contributed by atoms with Gasteiger partial charge >= 0.3 is 5.69 Å². The second-order valence-electron chi connectivity index (χ2n) is 8.35. The summed E-state index contributed by atoms with van der Waals surface area (Å²) in [5.41, 5.74) is 2.50. The van der Waals surface area contributed by atoms with Gasteiger partial charge in [0, 0.05) is 47.6 Å². The molecule has 1 atom stereocenters. The molecule has 0 saturated heterocycles. The van der Waals surface area contributed by atoms with Crippen LogP contribution in [-0.2, 0) is 11.3 Å². The minimum Gasteiger partial charge on any atom is -0.361 e. The van der Waals surface area contributed by atoms with E-state index >= 15 is 0 Å². The fourth-order valence-electron chi connectivity index (χ4n) is 4.51. The lowest BCUT2D eigenvalue weighted by atomic mass is 9.90. The van der Waals surface area contributed by atoms with Gasteiger partial charge in [0.15, 0.2) is 0 Å². The van der Waals surface area contributed by atoms with Gasteiger partial charge in [-0.05, 0) is 35.4 Å². The average Bonchev–Trinajstić information content (AvgIpc) is 3.29. The van der Waals surface area contributed by atoms with Gasteiger partial charge in [-0.25, -0.2) is 4.79 Å². The molecule has 7 nitrogen and oxygen atoms in total. The molecule has 8 heteroatoms. The van der Waals surface area contributed by atoms with Crippen LogP contribution in [0.1, 0.15) is 23.5 Å². The third kappa shape index (κ3) is 4.50. The van der Waals surface area contributed by atoms with Crippen LogP contribution in [0.3, 0.4) is 0 Å². The van der Waals surface area contributed by atoms with Gasteiger partial charge < -0.3 is 10.3 Å². The van der Waals surface area contributed by atoms with Crippen molar-refractivity contribution >= 4 is 39.3 Å². The zero-order chi connectivity index (χ0) is 24.4. The summed E-state index contributed by atoms with van der Waals surface area (Å²) in [4.78, 5) is 42.9. The van der Waals surface area contributed by atoms with E-state index in [-0.39, 0.29) is 24.8 Å². The van der Waals surface area contributed by atoms with Crippen LogP contribution in [0.15, 0.2) is 88.6 Å². The number of para-hydroxylation sites is 2. The highest BCUT2D eigenvalue weighted by atomic mass is 35.5. The molecule has 0 saturated carbocycles. The maximum absolute atomic E-state index is 12.8. The molecule has 0 aliphatic heterocycles. The van der Waals surface area contributed by atoms with Crippen LogP contribution in [-0.4, -0.2) is 27.0 Å². The number of benzene rings is 3. The van der Waals surface area contributed by atoms with Crippen LogP contribution < -0.4 is 16.6 Å². The van der Waals surface area contributed by atoms with E-state index in [0.717, 1.165) is 22.0 Å². The highest BCUT2D eigenvalue weighted by molar-refractivity contribution is 6.31. The van der Waals surface area contributed by atoms with Crippen molar-refractivity contribution < 1.29 is 4.79 Å². The second-order valence-corrected chi connectivity index (χ2v) is 8.75. The van der Waals surface area contributed by atoms with E-state index in [4.69, 9.17) is 11.6 Å². The van der Waals surface area contributed by atoms with Crippen LogP contribution in [0, 0.1) is 0 Å². The van der Waals surface area contributed by atoms with Crippen LogP contribution in [0.2, 0.25) is 5.02 Å². The summed E-state index contributed by atoms with van der Waals surface area (Å²) < 4.78 is 1.42. The van der Waals surface area contributed by atoms with Crippen molar-refractivity contribution in [3.05, 3.63) is 116 Å². The fraction of sp³-hybridized carbons (Fsp3) is 0.148. The zero-order valence-corrected chi connectivity index (χ0v) is 19.5. The summed E-state index contributed by atoms with van der Waals surface area (Å²) in [5.74, 6) is -0.371. The Balaban J connectivity index is 1.37. The highest BCUT2D eigenvalue weighted by Crippen LogP contribution is 2.34. The Labute approximate surface area is 205 Å². The molecule has 1 amide bonds. The fourth-order valence-corrected chi connectivity index (χ4v) is 4.78. The average molecular weight is 487 g/mol. The lowest BCUT2D eigenvalue weighted by molar-refractivity contribution is -0.121. The summed E-state index contributed by atoms with van der Waals surface area (Å²) in [6, 6.07) is 22.5. The molecule has 3 N–H and O–H groups in total. The Hall–Kier alpha value is -4.10. The predicted octanol–water partition coefficient (Wildman–Crippen LogP) is 4.16. The highest BCUT2D eigenvalue weighted by Gasteiger charge is 2.21.